The molecule has 5 heteroatoms. The summed E-state index contributed by atoms with van der Waals surface area (Å²) in [5, 5.41) is 0. The Bertz CT molecular complexity index is 718. The number of methoxy groups -OCH3 is 2. The highest BCUT2D eigenvalue weighted by Crippen LogP contribution is 2.32. The lowest BCUT2D eigenvalue weighted by molar-refractivity contribution is 0.0578. The third-order valence-corrected chi connectivity index (χ3v) is 4.52. The molecule has 0 N–H and O–H groups in total. The van der Waals surface area contributed by atoms with Crippen LogP contribution in [0.25, 0.3) is 0 Å². The Hall–Kier alpha value is -2.56. The fraction of sp³-hybridized carbons (Fsp3) is 0.368. The smallest absolute Gasteiger partial charge is 0.354 e. The van der Waals surface area contributed by atoms with Gasteiger partial charge < -0.3 is 14.0 Å². The van der Waals surface area contributed by atoms with Crippen molar-refractivity contribution in [2.75, 3.05) is 14.2 Å². The number of carbonyl (C=O) groups excluding carboxylic acids is 2. The summed E-state index contributed by atoms with van der Waals surface area (Å²) in [5.74, 6) is -0.807. The van der Waals surface area contributed by atoms with Gasteiger partial charge in [-0.3, -0.25) is 0 Å². The molecule has 1 heterocycles. The van der Waals surface area contributed by atoms with E-state index in [4.69, 9.17) is 9.47 Å². The molecule has 0 aliphatic heterocycles. The van der Waals surface area contributed by atoms with E-state index in [1.807, 2.05) is 30.3 Å². The summed E-state index contributed by atoms with van der Waals surface area (Å²) >= 11 is 0. The number of ether oxygens (including phenoxy) is 2. The van der Waals surface area contributed by atoms with Crippen LogP contribution in [0.3, 0.4) is 0 Å². The molecule has 2 aromatic rings. The van der Waals surface area contributed by atoms with Gasteiger partial charge in [-0.25, -0.2) is 9.59 Å². The second kappa shape index (κ2) is 6.91. The summed E-state index contributed by atoms with van der Waals surface area (Å²) in [6.07, 6.45) is 3.58. The van der Waals surface area contributed by atoms with Crippen LogP contribution < -0.4 is 0 Å². The van der Waals surface area contributed by atoms with Crippen LogP contribution in [0, 0.1) is 0 Å². The van der Waals surface area contributed by atoms with Crippen molar-refractivity contribution in [3.05, 3.63) is 58.4 Å². The fourth-order valence-electron chi connectivity index (χ4n) is 3.45. The van der Waals surface area contributed by atoms with Crippen LogP contribution in [0.15, 0.2) is 30.3 Å². The number of carbonyl (C=O) groups is 2. The molecule has 1 aliphatic carbocycles. The predicted octanol–water partition coefficient (Wildman–Crippen LogP) is 2.99. The van der Waals surface area contributed by atoms with Crippen LogP contribution in [-0.2, 0) is 28.9 Å². The predicted molar refractivity (Wildman–Crippen MR) is 89.3 cm³/mol. The van der Waals surface area contributed by atoms with Gasteiger partial charge in [0.15, 0.2) is 0 Å². The summed E-state index contributed by atoms with van der Waals surface area (Å²) in [6, 6.07) is 9.76. The molecule has 126 valence electrons. The monoisotopic (exact) mass is 327 g/mol. The molecular weight excluding hydrogens is 306 g/mol. The zero-order valence-electron chi connectivity index (χ0n) is 14.0. The zero-order valence-corrected chi connectivity index (χ0v) is 14.0. The Morgan fingerprint density at radius 3 is 1.88 bits per heavy atom. The number of benzene rings is 1. The quantitative estimate of drug-likeness (QED) is 0.810. The van der Waals surface area contributed by atoms with Crippen LogP contribution >= 0.6 is 0 Å². The molecule has 24 heavy (non-hydrogen) atoms. The first kappa shape index (κ1) is 16.3. The molecule has 1 aromatic carbocycles. The summed E-state index contributed by atoms with van der Waals surface area (Å²) in [7, 11) is 2.74. The molecule has 0 radical (unpaired) electrons. The minimum atomic E-state index is -0.403. The number of hydrogen-bond acceptors (Lipinski definition) is 4. The van der Waals surface area contributed by atoms with Crippen molar-refractivity contribution in [3.63, 3.8) is 0 Å². The second-order valence-corrected chi connectivity index (χ2v) is 5.92. The third-order valence-electron chi connectivity index (χ3n) is 4.52. The highest BCUT2D eigenvalue weighted by molar-refractivity contribution is 5.97. The van der Waals surface area contributed by atoms with Gasteiger partial charge in [-0.1, -0.05) is 30.3 Å². The number of rotatable bonds is 4. The van der Waals surface area contributed by atoms with Crippen LogP contribution in [-0.4, -0.2) is 30.7 Å². The first-order valence-electron chi connectivity index (χ1n) is 8.12. The lowest BCUT2D eigenvalue weighted by atomic mass is 9.92. The lowest BCUT2D eigenvalue weighted by Crippen LogP contribution is -2.18. The van der Waals surface area contributed by atoms with E-state index in [1.54, 1.807) is 4.57 Å². The van der Waals surface area contributed by atoms with Gasteiger partial charge in [0, 0.05) is 6.54 Å². The maximum atomic E-state index is 12.4. The van der Waals surface area contributed by atoms with Crippen molar-refractivity contribution >= 4 is 11.9 Å². The standard InChI is InChI=1S/C19H21NO4/c1-23-18(21)16-14-10-6-7-11-15(14)17(19(22)24-2)20(16)12-13-8-4-3-5-9-13/h3-5,8-9H,6-7,10-12H2,1-2H3. The number of hydrogen-bond donors (Lipinski definition) is 0. The highest BCUT2D eigenvalue weighted by Gasteiger charge is 2.32. The number of aromatic nitrogens is 1. The molecule has 0 bridgehead atoms. The van der Waals surface area contributed by atoms with Gasteiger partial charge in [-0.2, -0.15) is 0 Å². The molecule has 1 aromatic heterocycles. The topological polar surface area (TPSA) is 57.5 Å². The van der Waals surface area contributed by atoms with Crippen molar-refractivity contribution < 1.29 is 19.1 Å². The average Bonchev–Trinajstić information content (AvgIpc) is 2.95. The summed E-state index contributed by atoms with van der Waals surface area (Å²) < 4.78 is 11.8. The molecule has 0 saturated carbocycles. The number of nitrogens with zero attached hydrogens (tertiary/aromatic N) is 1. The van der Waals surface area contributed by atoms with Gasteiger partial charge in [0.1, 0.15) is 11.4 Å². The minimum absolute atomic E-state index is 0.403. The van der Waals surface area contributed by atoms with Crippen LogP contribution in [0.4, 0.5) is 0 Å². The molecule has 1 aliphatic rings. The first-order chi connectivity index (χ1) is 11.7. The Kier molecular flexibility index (Phi) is 4.69. The lowest BCUT2D eigenvalue weighted by Gasteiger charge is -2.12. The normalized spacial score (nSPS) is 13.2. The zero-order chi connectivity index (χ0) is 17.1. The molecule has 0 atom stereocenters. The van der Waals surface area contributed by atoms with E-state index in [-0.39, 0.29) is 0 Å². The van der Waals surface area contributed by atoms with E-state index in [9.17, 15) is 9.59 Å². The maximum absolute atomic E-state index is 12.4. The molecule has 0 spiro atoms. The van der Waals surface area contributed by atoms with Crippen molar-refractivity contribution in [1.29, 1.82) is 0 Å². The molecule has 0 fully saturated rings. The van der Waals surface area contributed by atoms with E-state index in [2.05, 4.69) is 0 Å². The van der Waals surface area contributed by atoms with Gasteiger partial charge >= 0.3 is 11.9 Å². The highest BCUT2D eigenvalue weighted by atomic mass is 16.5. The number of fused-ring (bicyclic) bond motifs is 1. The van der Waals surface area contributed by atoms with Crippen LogP contribution in [0.1, 0.15) is 50.5 Å². The fourth-order valence-corrected chi connectivity index (χ4v) is 3.45. The molecule has 5 nitrogen and oxygen atoms in total. The molecular formula is C19H21NO4. The van der Waals surface area contributed by atoms with Gasteiger partial charge in [0.05, 0.1) is 14.2 Å². The van der Waals surface area contributed by atoms with Crippen LogP contribution in [0.5, 0.6) is 0 Å². The van der Waals surface area contributed by atoms with E-state index in [1.165, 1.54) is 14.2 Å². The minimum Gasteiger partial charge on any atom is -0.464 e. The Morgan fingerprint density at radius 2 is 1.42 bits per heavy atom. The number of esters is 2. The Balaban J connectivity index is 2.20. The molecule has 3 rings (SSSR count). The van der Waals surface area contributed by atoms with E-state index in [0.29, 0.717) is 17.9 Å². The van der Waals surface area contributed by atoms with Crippen LogP contribution in [0.2, 0.25) is 0 Å². The summed E-state index contributed by atoms with van der Waals surface area (Å²) in [4.78, 5) is 24.9. The molecule has 0 unspecified atom stereocenters. The van der Waals surface area contributed by atoms with Crippen molar-refractivity contribution in [3.8, 4) is 0 Å². The van der Waals surface area contributed by atoms with Crippen molar-refractivity contribution in [2.24, 2.45) is 0 Å². The van der Waals surface area contributed by atoms with Gasteiger partial charge in [-0.15, -0.1) is 0 Å². The van der Waals surface area contributed by atoms with E-state index >= 15 is 0 Å². The van der Waals surface area contributed by atoms with Gasteiger partial charge in [-0.05, 0) is 42.4 Å². The summed E-state index contributed by atoms with van der Waals surface area (Å²) in [5.41, 5.74) is 3.85. The SMILES string of the molecule is COC(=O)c1c2c(c(C(=O)OC)n1Cc1ccccc1)CCCC2. The van der Waals surface area contributed by atoms with Crippen molar-refractivity contribution in [1.82, 2.24) is 4.57 Å². The van der Waals surface area contributed by atoms with E-state index in [0.717, 1.165) is 42.4 Å². The molecule has 0 amide bonds. The summed E-state index contributed by atoms with van der Waals surface area (Å²) in [6.45, 7) is 0.433. The largest absolute Gasteiger partial charge is 0.464 e. The second-order valence-electron chi connectivity index (χ2n) is 5.92. The molecule has 0 saturated heterocycles. The van der Waals surface area contributed by atoms with E-state index < -0.39 is 11.9 Å². The Labute approximate surface area is 141 Å². The Morgan fingerprint density at radius 1 is 0.917 bits per heavy atom. The maximum Gasteiger partial charge on any atom is 0.354 e. The van der Waals surface area contributed by atoms with Crippen molar-refractivity contribution in [2.45, 2.75) is 32.2 Å². The van der Waals surface area contributed by atoms with Gasteiger partial charge in [0.2, 0.25) is 0 Å². The van der Waals surface area contributed by atoms with Gasteiger partial charge in [0.25, 0.3) is 0 Å². The third kappa shape index (κ3) is 2.82. The average molecular weight is 327 g/mol. The first-order valence-corrected chi connectivity index (χ1v) is 8.12.